The lowest BCUT2D eigenvalue weighted by atomic mass is 10.2. The van der Waals surface area contributed by atoms with E-state index in [-0.39, 0.29) is 18.6 Å². The van der Waals surface area contributed by atoms with Crippen molar-refractivity contribution in [3.63, 3.8) is 0 Å². The number of carbonyl (C=O) groups is 1. The molecule has 2 saturated heterocycles. The molecule has 3 rings (SSSR count). The highest BCUT2D eigenvalue weighted by Gasteiger charge is 2.22. The normalized spacial score (nSPS) is 21.7. The molecule has 2 aliphatic heterocycles. The molecule has 2 aliphatic rings. The summed E-state index contributed by atoms with van der Waals surface area (Å²) in [4.78, 5) is 20.5. The van der Waals surface area contributed by atoms with Crippen molar-refractivity contribution in [2.24, 2.45) is 0 Å². The van der Waals surface area contributed by atoms with E-state index < -0.39 is 0 Å². The van der Waals surface area contributed by atoms with Crippen LogP contribution in [0.4, 0.5) is 5.82 Å². The van der Waals surface area contributed by atoms with Crippen LogP contribution in [0.5, 0.6) is 0 Å². The second kappa shape index (κ2) is 7.95. The third-order valence-corrected chi connectivity index (χ3v) is 4.44. The molecule has 0 radical (unpaired) electrons. The quantitative estimate of drug-likeness (QED) is 0.815. The third kappa shape index (κ3) is 4.56. The van der Waals surface area contributed by atoms with E-state index in [1.165, 1.54) is 0 Å². The topological polar surface area (TPSA) is 54.9 Å². The number of piperazine rings is 1. The molecule has 7 heteroatoms. The van der Waals surface area contributed by atoms with Gasteiger partial charge in [0.2, 0.25) is 5.91 Å². The van der Waals surface area contributed by atoms with Crippen LogP contribution in [0, 0.1) is 0 Å². The third-order valence-electron chi connectivity index (χ3n) is 4.22. The minimum Gasteiger partial charge on any atom is -0.376 e. The summed E-state index contributed by atoms with van der Waals surface area (Å²) in [5.41, 5.74) is 0. The Kier molecular flexibility index (Phi) is 5.70. The molecule has 0 bridgehead atoms. The van der Waals surface area contributed by atoms with Gasteiger partial charge in [0, 0.05) is 39.0 Å². The number of hydrogen-bond donors (Lipinski definition) is 0. The van der Waals surface area contributed by atoms with Gasteiger partial charge in [0.25, 0.3) is 0 Å². The Morgan fingerprint density at radius 2 is 2.17 bits per heavy atom. The summed E-state index contributed by atoms with van der Waals surface area (Å²) in [5, 5.41) is 0.631. The number of rotatable bonds is 5. The monoisotopic (exact) mass is 339 g/mol. The molecule has 1 amide bonds. The molecule has 0 unspecified atom stereocenters. The van der Waals surface area contributed by atoms with Gasteiger partial charge in [0.05, 0.1) is 17.7 Å². The van der Waals surface area contributed by atoms with Crippen LogP contribution in [0.1, 0.15) is 12.8 Å². The van der Waals surface area contributed by atoms with Crippen LogP contribution < -0.4 is 4.90 Å². The average Bonchev–Trinajstić information content (AvgIpc) is 3.09. The lowest BCUT2D eigenvalue weighted by molar-refractivity contribution is -0.137. The average molecular weight is 340 g/mol. The number of ether oxygens (including phenoxy) is 2. The summed E-state index contributed by atoms with van der Waals surface area (Å²) in [6, 6.07) is 3.74. The fourth-order valence-corrected chi connectivity index (χ4v) is 3.00. The Bertz CT molecular complexity index is 512. The summed E-state index contributed by atoms with van der Waals surface area (Å²) in [6.07, 6.45) is 3.92. The largest absolute Gasteiger partial charge is 0.376 e. The van der Waals surface area contributed by atoms with Gasteiger partial charge in [-0.1, -0.05) is 11.6 Å². The van der Waals surface area contributed by atoms with Crippen LogP contribution >= 0.6 is 11.6 Å². The Balaban J connectivity index is 1.39. The van der Waals surface area contributed by atoms with E-state index in [4.69, 9.17) is 21.1 Å². The molecule has 1 aromatic rings. The minimum absolute atomic E-state index is 0.0479. The van der Waals surface area contributed by atoms with Crippen molar-refractivity contribution >= 4 is 23.3 Å². The van der Waals surface area contributed by atoms with Crippen molar-refractivity contribution < 1.29 is 14.3 Å². The van der Waals surface area contributed by atoms with E-state index in [9.17, 15) is 4.79 Å². The molecular weight excluding hydrogens is 318 g/mol. The standard InChI is InChI=1S/C16H22ClN3O3/c17-13-3-4-15(18-10-13)19-5-7-20(8-6-19)16(21)12-22-11-14-2-1-9-23-14/h3-4,10,14H,1-2,5-9,11-12H2/t14-/m1/s1. The van der Waals surface area contributed by atoms with Gasteiger partial charge in [-0.25, -0.2) is 4.98 Å². The van der Waals surface area contributed by atoms with Crippen LogP contribution in [0.25, 0.3) is 0 Å². The van der Waals surface area contributed by atoms with Crippen molar-refractivity contribution in [3.8, 4) is 0 Å². The number of nitrogens with zero attached hydrogens (tertiary/aromatic N) is 3. The van der Waals surface area contributed by atoms with Gasteiger partial charge in [-0.15, -0.1) is 0 Å². The van der Waals surface area contributed by atoms with Crippen molar-refractivity contribution in [1.82, 2.24) is 9.88 Å². The summed E-state index contributed by atoms with van der Waals surface area (Å²) in [7, 11) is 0. The van der Waals surface area contributed by atoms with Crippen LogP contribution in [0.2, 0.25) is 5.02 Å². The molecular formula is C16H22ClN3O3. The first kappa shape index (κ1) is 16.5. The fourth-order valence-electron chi connectivity index (χ4n) is 2.88. The molecule has 2 fully saturated rings. The zero-order chi connectivity index (χ0) is 16.1. The molecule has 0 saturated carbocycles. The van der Waals surface area contributed by atoms with E-state index in [1.54, 1.807) is 6.20 Å². The van der Waals surface area contributed by atoms with Gasteiger partial charge in [-0.05, 0) is 25.0 Å². The van der Waals surface area contributed by atoms with Crippen LogP contribution in [-0.4, -0.2) is 67.9 Å². The first-order valence-electron chi connectivity index (χ1n) is 8.06. The molecule has 0 spiro atoms. The molecule has 126 valence electrons. The second-order valence-corrected chi connectivity index (χ2v) is 6.29. The molecule has 3 heterocycles. The fraction of sp³-hybridized carbons (Fsp3) is 0.625. The molecule has 1 atom stereocenters. The van der Waals surface area contributed by atoms with Crippen LogP contribution in [-0.2, 0) is 14.3 Å². The number of amides is 1. The molecule has 6 nitrogen and oxygen atoms in total. The minimum atomic E-state index is 0.0479. The molecule has 0 aromatic carbocycles. The number of halogens is 1. The highest BCUT2D eigenvalue weighted by atomic mass is 35.5. The van der Waals surface area contributed by atoms with Crippen LogP contribution in [0.15, 0.2) is 18.3 Å². The van der Waals surface area contributed by atoms with Gasteiger partial charge < -0.3 is 19.3 Å². The zero-order valence-electron chi connectivity index (χ0n) is 13.1. The molecule has 0 N–H and O–H groups in total. The maximum absolute atomic E-state index is 12.2. The number of hydrogen-bond acceptors (Lipinski definition) is 5. The first-order valence-corrected chi connectivity index (χ1v) is 8.44. The Hall–Kier alpha value is -1.37. The lowest BCUT2D eigenvalue weighted by Gasteiger charge is -2.35. The van der Waals surface area contributed by atoms with Gasteiger partial charge in [-0.2, -0.15) is 0 Å². The van der Waals surface area contributed by atoms with Crippen LogP contribution in [0.3, 0.4) is 0 Å². The van der Waals surface area contributed by atoms with Crippen molar-refractivity contribution in [2.45, 2.75) is 18.9 Å². The Morgan fingerprint density at radius 1 is 1.35 bits per heavy atom. The van der Waals surface area contributed by atoms with E-state index in [0.29, 0.717) is 24.7 Å². The SMILES string of the molecule is O=C(COC[C@H]1CCCO1)N1CCN(c2ccc(Cl)cn2)CC1. The number of carbonyl (C=O) groups excluding carboxylic acids is 1. The summed E-state index contributed by atoms with van der Waals surface area (Å²) < 4.78 is 11.0. The van der Waals surface area contributed by atoms with E-state index in [0.717, 1.165) is 38.4 Å². The zero-order valence-corrected chi connectivity index (χ0v) is 13.9. The molecule has 0 aliphatic carbocycles. The van der Waals surface area contributed by atoms with E-state index in [1.807, 2.05) is 17.0 Å². The number of anilines is 1. The predicted molar refractivity (Wildman–Crippen MR) is 87.8 cm³/mol. The van der Waals surface area contributed by atoms with Crippen molar-refractivity contribution in [1.29, 1.82) is 0 Å². The Labute approximate surface area is 141 Å². The first-order chi connectivity index (χ1) is 11.2. The highest BCUT2D eigenvalue weighted by Crippen LogP contribution is 2.16. The lowest BCUT2D eigenvalue weighted by Crippen LogP contribution is -2.50. The van der Waals surface area contributed by atoms with Gasteiger partial charge in [-0.3, -0.25) is 4.79 Å². The summed E-state index contributed by atoms with van der Waals surface area (Å²) >= 11 is 5.85. The highest BCUT2D eigenvalue weighted by molar-refractivity contribution is 6.30. The molecule has 23 heavy (non-hydrogen) atoms. The van der Waals surface area contributed by atoms with E-state index >= 15 is 0 Å². The van der Waals surface area contributed by atoms with Gasteiger partial charge >= 0.3 is 0 Å². The maximum atomic E-state index is 12.2. The second-order valence-electron chi connectivity index (χ2n) is 5.85. The van der Waals surface area contributed by atoms with Crippen molar-refractivity contribution in [3.05, 3.63) is 23.4 Å². The summed E-state index contributed by atoms with van der Waals surface area (Å²) in [6.45, 7) is 4.37. The van der Waals surface area contributed by atoms with Gasteiger partial charge in [0.15, 0.2) is 0 Å². The Morgan fingerprint density at radius 3 is 2.83 bits per heavy atom. The van der Waals surface area contributed by atoms with Gasteiger partial charge in [0.1, 0.15) is 12.4 Å². The van der Waals surface area contributed by atoms with Crippen molar-refractivity contribution in [2.75, 3.05) is 50.9 Å². The predicted octanol–water partition coefficient (Wildman–Crippen LogP) is 1.58. The maximum Gasteiger partial charge on any atom is 0.248 e. The number of aromatic nitrogens is 1. The van der Waals surface area contributed by atoms with E-state index in [2.05, 4.69) is 9.88 Å². The number of pyridine rings is 1. The summed E-state index contributed by atoms with van der Waals surface area (Å²) in [5.74, 6) is 0.947. The smallest absolute Gasteiger partial charge is 0.248 e. The molecule has 1 aromatic heterocycles.